The van der Waals surface area contributed by atoms with Gasteiger partial charge in [-0.05, 0) is 18.4 Å². The number of aliphatic imine (C=N–C) groups is 1. The molecule has 2 rings (SSSR count). The van der Waals surface area contributed by atoms with E-state index in [4.69, 9.17) is 0 Å². The molecule has 1 unspecified atom stereocenters. The van der Waals surface area contributed by atoms with Gasteiger partial charge in [0.1, 0.15) is 0 Å². The summed E-state index contributed by atoms with van der Waals surface area (Å²) in [5.41, 5.74) is 2.63. The van der Waals surface area contributed by atoms with Crippen molar-refractivity contribution in [3.8, 4) is 0 Å². The zero-order chi connectivity index (χ0) is 9.10. The van der Waals surface area contributed by atoms with Crippen LogP contribution >= 0.6 is 0 Å². The van der Waals surface area contributed by atoms with Crippen molar-refractivity contribution < 1.29 is 0 Å². The molecule has 0 spiro atoms. The molecule has 1 nitrogen and oxygen atoms in total. The average molecular weight is 173 g/mol. The highest BCUT2D eigenvalue weighted by atomic mass is 14.8. The standard InChI is InChI=1S/C12H15N/c1-2-10-8-9-13-12(10)11-6-4-3-5-7-11/h3-7,10H,2,8-9H2,1H3. The van der Waals surface area contributed by atoms with Crippen LogP contribution in [0, 0.1) is 5.92 Å². The van der Waals surface area contributed by atoms with Crippen LogP contribution < -0.4 is 0 Å². The SMILES string of the molecule is CCC1CCN=C1c1ccccc1. The van der Waals surface area contributed by atoms with Crippen LogP contribution in [0.2, 0.25) is 0 Å². The lowest BCUT2D eigenvalue weighted by atomic mass is 9.94. The van der Waals surface area contributed by atoms with E-state index in [9.17, 15) is 0 Å². The zero-order valence-electron chi connectivity index (χ0n) is 8.03. The summed E-state index contributed by atoms with van der Waals surface area (Å²) < 4.78 is 0. The van der Waals surface area contributed by atoms with Crippen LogP contribution in [-0.4, -0.2) is 12.3 Å². The summed E-state index contributed by atoms with van der Waals surface area (Å²) >= 11 is 0. The van der Waals surface area contributed by atoms with E-state index in [0.29, 0.717) is 5.92 Å². The van der Waals surface area contributed by atoms with Gasteiger partial charge in [-0.25, -0.2) is 0 Å². The van der Waals surface area contributed by atoms with Gasteiger partial charge in [0, 0.05) is 18.2 Å². The first-order valence-corrected chi connectivity index (χ1v) is 5.01. The van der Waals surface area contributed by atoms with Crippen molar-refractivity contribution >= 4 is 5.71 Å². The fourth-order valence-electron chi connectivity index (χ4n) is 1.94. The topological polar surface area (TPSA) is 12.4 Å². The lowest BCUT2D eigenvalue weighted by Gasteiger charge is -2.09. The van der Waals surface area contributed by atoms with Crippen LogP contribution in [0.5, 0.6) is 0 Å². The molecule has 0 saturated heterocycles. The van der Waals surface area contributed by atoms with E-state index in [1.165, 1.54) is 24.1 Å². The minimum Gasteiger partial charge on any atom is -0.289 e. The van der Waals surface area contributed by atoms with Gasteiger partial charge in [-0.1, -0.05) is 37.3 Å². The summed E-state index contributed by atoms with van der Waals surface area (Å²) in [5, 5.41) is 0. The Kier molecular flexibility index (Phi) is 2.44. The maximum Gasteiger partial charge on any atom is 0.0452 e. The van der Waals surface area contributed by atoms with Crippen LogP contribution in [0.25, 0.3) is 0 Å². The van der Waals surface area contributed by atoms with Gasteiger partial charge in [-0.3, -0.25) is 4.99 Å². The van der Waals surface area contributed by atoms with E-state index in [-0.39, 0.29) is 0 Å². The smallest absolute Gasteiger partial charge is 0.0452 e. The molecule has 68 valence electrons. The monoisotopic (exact) mass is 173 g/mol. The molecule has 0 amide bonds. The third-order valence-corrected chi connectivity index (χ3v) is 2.71. The Hall–Kier alpha value is -1.11. The Morgan fingerprint density at radius 3 is 2.77 bits per heavy atom. The second kappa shape index (κ2) is 3.73. The van der Waals surface area contributed by atoms with Gasteiger partial charge in [-0.2, -0.15) is 0 Å². The summed E-state index contributed by atoms with van der Waals surface area (Å²) in [6.07, 6.45) is 2.45. The van der Waals surface area contributed by atoms with Gasteiger partial charge in [-0.15, -0.1) is 0 Å². The number of nitrogens with zero attached hydrogens (tertiary/aromatic N) is 1. The Bertz CT molecular complexity index is 300. The van der Waals surface area contributed by atoms with Crippen molar-refractivity contribution in [2.24, 2.45) is 10.9 Å². The molecule has 1 heteroatoms. The van der Waals surface area contributed by atoms with E-state index in [2.05, 4.69) is 42.2 Å². The first-order valence-electron chi connectivity index (χ1n) is 5.01. The first kappa shape index (κ1) is 8.49. The Morgan fingerprint density at radius 1 is 1.31 bits per heavy atom. The van der Waals surface area contributed by atoms with Crippen LogP contribution in [0.3, 0.4) is 0 Å². The maximum atomic E-state index is 4.57. The zero-order valence-corrected chi connectivity index (χ0v) is 8.03. The molecule has 1 aromatic rings. The molecule has 1 aliphatic heterocycles. The van der Waals surface area contributed by atoms with Crippen molar-refractivity contribution in [2.75, 3.05) is 6.54 Å². The predicted octanol–water partition coefficient (Wildman–Crippen LogP) is 2.91. The van der Waals surface area contributed by atoms with Crippen molar-refractivity contribution in [1.29, 1.82) is 0 Å². The normalized spacial score (nSPS) is 21.6. The van der Waals surface area contributed by atoms with E-state index >= 15 is 0 Å². The van der Waals surface area contributed by atoms with Crippen LogP contribution in [0.1, 0.15) is 25.3 Å². The van der Waals surface area contributed by atoms with E-state index in [0.717, 1.165) is 6.54 Å². The van der Waals surface area contributed by atoms with Gasteiger partial charge in [0.25, 0.3) is 0 Å². The first-order chi connectivity index (χ1) is 6.42. The van der Waals surface area contributed by atoms with Crippen LogP contribution in [0.15, 0.2) is 35.3 Å². The van der Waals surface area contributed by atoms with Gasteiger partial charge in [0.2, 0.25) is 0 Å². The van der Waals surface area contributed by atoms with E-state index < -0.39 is 0 Å². The van der Waals surface area contributed by atoms with Crippen molar-refractivity contribution in [3.63, 3.8) is 0 Å². The highest BCUT2D eigenvalue weighted by Gasteiger charge is 2.19. The molecule has 0 fully saturated rings. The molecule has 13 heavy (non-hydrogen) atoms. The molecule has 1 atom stereocenters. The maximum absolute atomic E-state index is 4.57. The van der Waals surface area contributed by atoms with Crippen molar-refractivity contribution in [3.05, 3.63) is 35.9 Å². The number of benzene rings is 1. The Balaban J connectivity index is 2.26. The third-order valence-electron chi connectivity index (χ3n) is 2.71. The minimum absolute atomic E-state index is 0.697. The van der Waals surface area contributed by atoms with Crippen LogP contribution in [0.4, 0.5) is 0 Å². The lowest BCUT2D eigenvalue weighted by molar-refractivity contribution is 0.656. The molecular formula is C12H15N. The molecule has 0 N–H and O–H groups in total. The van der Waals surface area contributed by atoms with E-state index in [1.807, 2.05) is 0 Å². The second-order valence-corrected chi connectivity index (χ2v) is 3.53. The molecular weight excluding hydrogens is 158 g/mol. The molecule has 0 saturated carbocycles. The fourth-order valence-corrected chi connectivity index (χ4v) is 1.94. The molecule has 0 aromatic heterocycles. The van der Waals surface area contributed by atoms with Crippen molar-refractivity contribution in [2.45, 2.75) is 19.8 Å². The highest BCUT2D eigenvalue weighted by molar-refractivity contribution is 6.03. The molecule has 0 radical (unpaired) electrons. The molecule has 1 aliphatic rings. The summed E-state index contributed by atoms with van der Waals surface area (Å²) in [4.78, 5) is 4.57. The average Bonchev–Trinajstić information content (AvgIpc) is 2.67. The second-order valence-electron chi connectivity index (χ2n) is 3.53. The van der Waals surface area contributed by atoms with Gasteiger partial charge in [0.05, 0.1) is 0 Å². The van der Waals surface area contributed by atoms with Gasteiger partial charge < -0.3 is 0 Å². The largest absolute Gasteiger partial charge is 0.289 e. The third kappa shape index (κ3) is 1.64. The van der Waals surface area contributed by atoms with Gasteiger partial charge >= 0.3 is 0 Å². The summed E-state index contributed by atoms with van der Waals surface area (Å²) in [7, 11) is 0. The number of rotatable bonds is 2. The summed E-state index contributed by atoms with van der Waals surface area (Å²) in [5.74, 6) is 0.697. The summed E-state index contributed by atoms with van der Waals surface area (Å²) in [6.45, 7) is 3.26. The Morgan fingerprint density at radius 2 is 2.08 bits per heavy atom. The molecule has 0 bridgehead atoms. The number of hydrogen-bond donors (Lipinski definition) is 0. The molecule has 1 aromatic carbocycles. The lowest BCUT2D eigenvalue weighted by Crippen LogP contribution is -2.09. The molecule has 0 aliphatic carbocycles. The number of hydrogen-bond acceptors (Lipinski definition) is 1. The molecule has 1 heterocycles. The summed E-state index contributed by atoms with van der Waals surface area (Å²) in [6, 6.07) is 10.5. The predicted molar refractivity (Wildman–Crippen MR) is 56.2 cm³/mol. The highest BCUT2D eigenvalue weighted by Crippen LogP contribution is 2.22. The fraction of sp³-hybridized carbons (Fsp3) is 0.417. The van der Waals surface area contributed by atoms with Gasteiger partial charge in [0.15, 0.2) is 0 Å². The Labute approximate surface area is 79.5 Å². The van der Waals surface area contributed by atoms with E-state index in [1.54, 1.807) is 0 Å². The quantitative estimate of drug-likeness (QED) is 0.652. The van der Waals surface area contributed by atoms with Crippen molar-refractivity contribution in [1.82, 2.24) is 0 Å². The van der Waals surface area contributed by atoms with Crippen LogP contribution in [-0.2, 0) is 0 Å². The minimum atomic E-state index is 0.697.